The zero-order valence-corrected chi connectivity index (χ0v) is 11.9. The molecule has 0 bridgehead atoms. The van der Waals surface area contributed by atoms with Gasteiger partial charge in [-0.05, 0) is 31.2 Å². The first-order valence-electron chi connectivity index (χ1n) is 6.46. The number of para-hydroxylation sites is 1. The molecular formula is C16H17N3O2. The van der Waals surface area contributed by atoms with Gasteiger partial charge in [0.05, 0.1) is 5.69 Å². The lowest BCUT2D eigenvalue weighted by Crippen LogP contribution is -2.29. The number of rotatable bonds is 3. The van der Waals surface area contributed by atoms with Crippen LogP contribution in [0.15, 0.2) is 53.7 Å². The van der Waals surface area contributed by atoms with Crippen LogP contribution in [0.4, 0.5) is 5.69 Å². The van der Waals surface area contributed by atoms with Gasteiger partial charge in [0.2, 0.25) is 0 Å². The molecule has 21 heavy (non-hydrogen) atoms. The Morgan fingerprint density at radius 1 is 1.19 bits per heavy atom. The molecule has 0 atom stereocenters. The average molecular weight is 283 g/mol. The van der Waals surface area contributed by atoms with Gasteiger partial charge in [-0.15, -0.1) is 0 Å². The molecule has 0 aliphatic heterocycles. The lowest BCUT2D eigenvalue weighted by molar-refractivity contribution is 0.0993. The zero-order valence-electron chi connectivity index (χ0n) is 11.9. The SMILES string of the molecule is Cc1cccc(C(=O)N(C)c2ccccc2/C(N)=N/O)c1. The van der Waals surface area contributed by atoms with Gasteiger partial charge in [-0.2, -0.15) is 0 Å². The standard InChI is InChI=1S/C16H17N3O2/c1-11-6-5-7-12(10-11)16(20)19(2)14-9-4-3-8-13(14)15(17)18-21/h3-10,21H,1-2H3,(H2,17,18). The maximum absolute atomic E-state index is 12.5. The van der Waals surface area contributed by atoms with Crippen LogP contribution in [-0.2, 0) is 0 Å². The maximum atomic E-state index is 12.5. The van der Waals surface area contributed by atoms with Crippen LogP contribution in [-0.4, -0.2) is 24.0 Å². The van der Waals surface area contributed by atoms with Gasteiger partial charge in [0, 0.05) is 18.2 Å². The Morgan fingerprint density at radius 3 is 2.57 bits per heavy atom. The van der Waals surface area contributed by atoms with E-state index in [1.54, 1.807) is 37.4 Å². The molecule has 0 unspecified atom stereocenters. The van der Waals surface area contributed by atoms with Crippen molar-refractivity contribution in [1.29, 1.82) is 0 Å². The Balaban J connectivity index is 2.41. The first-order chi connectivity index (χ1) is 10.0. The largest absolute Gasteiger partial charge is 0.409 e. The normalized spacial score (nSPS) is 11.2. The molecule has 0 aliphatic rings. The van der Waals surface area contributed by atoms with Crippen LogP contribution >= 0.6 is 0 Å². The molecule has 0 heterocycles. The van der Waals surface area contributed by atoms with Crippen LogP contribution in [0.3, 0.4) is 0 Å². The number of nitrogens with zero attached hydrogens (tertiary/aromatic N) is 2. The third kappa shape index (κ3) is 3.02. The summed E-state index contributed by atoms with van der Waals surface area (Å²) in [6, 6.07) is 14.4. The summed E-state index contributed by atoms with van der Waals surface area (Å²) >= 11 is 0. The quantitative estimate of drug-likeness (QED) is 0.393. The Bertz CT molecular complexity index is 695. The number of carbonyl (C=O) groups is 1. The minimum absolute atomic E-state index is 0.0329. The summed E-state index contributed by atoms with van der Waals surface area (Å²) in [5.41, 5.74) is 8.35. The average Bonchev–Trinajstić information content (AvgIpc) is 2.52. The van der Waals surface area contributed by atoms with Gasteiger partial charge in [-0.1, -0.05) is 35.0 Å². The zero-order chi connectivity index (χ0) is 15.4. The van der Waals surface area contributed by atoms with E-state index in [0.29, 0.717) is 16.8 Å². The summed E-state index contributed by atoms with van der Waals surface area (Å²) in [7, 11) is 1.66. The van der Waals surface area contributed by atoms with Gasteiger partial charge in [0.25, 0.3) is 5.91 Å². The van der Waals surface area contributed by atoms with Gasteiger partial charge in [0.15, 0.2) is 5.84 Å². The highest BCUT2D eigenvalue weighted by Gasteiger charge is 2.17. The van der Waals surface area contributed by atoms with Crippen molar-refractivity contribution in [3.8, 4) is 0 Å². The fourth-order valence-corrected chi connectivity index (χ4v) is 2.12. The molecule has 5 nitrogen and oxygen atoms in total. The fraction of sp³-hybridized carbons (Fsp3) is 0.125. The van der Waals surface area contributed by atoms with E-state index >= 15 is 0 Å². The van der Waals surface area contributed by atoms with E-state index in [0.717, 1.165) is 5.56 Å². The lowest BCUT2D eigenvalue weighted by atomic mass is 10.1. The van der Waals surface area contributed by atoms with E-state index in [9.17, 15) is 4.79 Å². The number of benzene rings is 2. The minimum atomic E-state index is -0.156. The molecule has 0 radical (unpaired) electrons. The highest BCUT2D eigenvalue weighted by molar-refractivity contribution is 6.10. The molecule has 0 fully saturated rings. The van der Waals surface area contributed by atoms with E-state index in [4.69, 9.17) is 10.9 Å². The van der Waals surface area contributed by atoms with Crippen LogP contribution in [0.2, 0.25) is 0 Å². The van der Waals surface area contributed by atoms with Gasteiger partial charge >= 0.3 is 0 Å². The van der Waals surface area contributed by atoms with Crippen molar-refractivity contribution in [1.82, 2.24) is 0 Å². The molecule has 1 amide bonds. The third-order valence-corrected chi connectivity index (χ3v) is 3.22. The van der Waals surface area contributed by atoms with E-state index < -0.39 is 0 Å². The van der Waals surface area contributed by atoms with Gasteiger partial charge in [0.1, 0.15) is 0 Å². The van der Waals surface area contributed by atoms with E-state index in [1.807, 2.05) is 25.1 Å². The first-order valence-corrected chi connectivity index (χ1v) is 6.46. The number of amides is 1. The van der Waals surface area contributed by atoms with Crippen molar-refractivity contribution in [2.45, 2.75) is 6.92 Å². The van der Waals surface area contributed by atoms with Gasteiger partial charge in [-0.25, -0.2) is 0 Å². The van der Waals surface area contributed by atoms with Gasteiger partial charge in [-0.3, -0.25) is 4.79 Å². The summed E-state index contributed by atoms with van der Waals surface area (Å²) in [6.45, 7) is 1.93. The van der Waals surface area contributed by atoms with E-state index in [2.05, 4.69) is 5.16 Å². The summed E-state index contributed by atoms with van der Waals surface area (Å²) < 4.78 is 0. The predicted molar refractivity (Wildman–Crippen MR) is 82.9 cm³/mol. The van der Waals surface area contributed by atoms with Gasteiger partial charge < -0.3 is 15.8 Å². The second-order valence-corrected chi connectivity index (χ2v) is 4.74. The number of carbonyl (C=O) groups excluding carboxylic acids is 1. The van der Waals surface area contributed by atoms with Crippen LogP contribution in [0.1, 0.15) is 21.5 Å². The van der Waals surface area contributed by atoms with Crippen LogP contribution in [0, 0.1) is 6.92 Å². The smallest absolute Gasteiger partial charge is 0.258 e. The molecule has 2 aromatic rings. The summed E-state index contributed by atoms with van der Waals surface area (Å²) in [6.07, 6.45) is 0. The van der Waals surface area contributed by atoms with E-state index in [-0.39, 0.29) is 11.7 Å². The minimum Gasteiger partial charge on any atom is -0.409 e. The molecule has 0 saturated carbocycles. The highest BCUT2D eigenvalue weighted by Crippen LogP contribution is 2.21. The molecule has 0 saturated heterocycles. The van der Waals surface area contributed by atoms with Crippen molar-refractivity contribution < 1.29 is 10.0 Å². The Labute approximate surface area is 123 Å². The number of anilines is 1. The molecule has 2 rings (SSSR count). The monoisotopic (exact) mass is 283 g/mol. The van der Waals surface area contributed by atoms with Crippen LogP contribution in [0.5, 0.6) is 0 Å². The number of nitrogens with two attached hydrogens (primary N) is 1. The summed E-state index contributed by atoms with van der Waals surface area (Å²) in [5, 5.41) is 11.9. The molecule has 5 heteroatoms. The Kier molecular flexibility index (Phi) is 4.23. The van der Waals surface area contributed by atoms with Crippen molar-refractivity contribution in [2.75, 3.05) is 11.9 Å². The summed E-state index contributed by atoms with van der Waals surface area (Å²) in [4.78, 5) is 14.0. The molecular weight excluding hydrogens is 266 g/mol. The first kappa shape index (κ1) is 14.6. The van der Waals surface area contributed by atoms with Crippen LogP contribution in [0.25, 0.3) is 0 Å². The van der Waals surface area contributed by atoms with E-state index in [1.165, 1.54) is 4.90 Å². The molecule has 0 spiro atoms. The number of hydrogen-bond acceptors (Lipinski definition) is 3. The number of oxime groups is 1. The molecule has 0 aromatic heterocycles. The topological polar surface area (TPSA) is 78.9 Å². The number of aryl methyl sites for hydroxylation is 1. The lowest BCUT2D eigenvalue weighted by Gasteiger charge is -2.20. The number of amidine groups is 1. The van der Waals surface area contributed by atoms with Crippen molar-refractivity contribution in [2.24, 2.45) is 10.9 Å². The molecule has 0 aliphatic carbocycles. The maximum Gasteiger partial charge on any atom is 0.258 e. The second kappa shape index (κ2) is 6.09. The van der Waals surface area contributed by atoms with Crippen LogP contribution < -0.4 is 10.6 Å². The fourth-order valence-electron chi connectivity index (χ4n) is 2.12. The molecule has 108 valence electrons. The highest BCUT2D eigenvalue weighted by atomic mass is 16.4. The number of hydrogen-bond donors (Lipinski definition) is 2. The second-order valence-electron chi connectivity index (χ2n) is 4.74. The van der Waals surface area contributed by atoms with Crippen molar-refractivity contribution >= 4 is 17.4 Å². The third-order valence-electron chi connectivity index (χ3n) is 3.22. The van der Waals surface area contributed by atoms with Crippen molar-refractivity contribution in [3.63, 3.8) is 0 Å². The summed E-state index contributed by atoms with van der Waals surface area (Å²) in [5.74, 6) is -0.189. The molecule has 2 aromatic carbocycles. The molecule has 3 N–H and O–H groups in total. The predicted octanol–water partition coefficient (Wildman–Crippen LogP) is 2.37. The van der Waals surface area contributed by atoms with Crippen molar-refractivity contribution in [3.05, 3.63) is 65.2 Å². The Morgan fingerprint density at radius 2 is 1.90 bits per heavy atom. The Hall–Kier alpha value is -2.82.